The monoisotopic (exact) mass is 495 g/mol. The number of azo groups is 1. The Hall–Kier alpha value is -3.59. The molecular formula is C23H15Cl2N5O2S. The van der Waals surface area contributed by atoms with Crippen molar-refractivity contribution in [3.8, 4) is 5.88 Å². The molecule has 0 spiro atoms. The minimum absolute atomic E-state index is 0.0133. The Labute approximate surface area is 203 Å². The zero-order chi connectivity index (χ0) is 23.2. The Morgan fingerprint density at radius 1 is 0.879 bits per heavy atom. The molecule has 4 rings (SSSR count). The quantitative estimate of drug-likeness (QED) is 0.122. The third-order valence-corrected chi connectivity index (χ3v) is 5.89. The maximum atomic E-state index is 13.2. The second kappa shape index (κ2) is 10.4. The summed E-state index contributed by atoms with van der Waals surface area (Å²) in [6.45, 7) is 0. The first kappa shape index (κ1) is 22.6. The Morgan fingerprint density at radius 3 is 2.27 bits per heavy atom. The van der Waals surface area contributed by atoms with Crippen LogP contribution in [0, 0.1) is 0 Å². The minimum Gasteiger partial charge on any atom is -0.491 e. The van der Waals surface area contributed by atoms with E-state index in [4.69, 9.17) is 23.2 Å². The number of rotatable bonds is 7. The average Bonchev–Trinajstić information content (AvgIpc) is 3.20. The molecule has 0 bridgehead atoms. The Morgan fingerprint density at radius 2 is 1.55 bits per heavy atom. The smallest absolute Gasteiger partial charge is 0.251 e. The van der Waals surface area contributed by atoms with Crippen molar-refractivity contribution in [1.82, 2.24) is 4.98 Å². The van der Waals surface area contributed by atoms with E-state index >= 15 is 0 Å². The Kier molecular flexibility index (Phi) is 7.09. The van der Waals surface area contributed by atoms with E-state index in [0.29, 0.717) is 27.0 Å². The standard InChI is InChI=1S/C23H15Cl2N5O2S/c24-15-10-4-6-12-17(15)27-29-19(20(31)14-8-2-1-3-9-14)22-26-21(32)23(33-22)30-28-18-13-7-5-11-16(18)25/h1-13,27,32H. The molecule has 0 aliphatic carbocycles. The summed E-state index contributed by atoms with van der Waals surface area (Å²) in [6, 6.07) is 22.5. The molecule has 4 aromatic rings. The molecule has 7 nitrogen and oxygen atoms in total. The van der Waals surface area contributed by atoms with E-state index < -0.39 is 5.78 Å². The van der Waals surface area contributed by atoms with Crippen LogP contribution in [-0.4, -0.2) is 21.6 Å². The van der Waals surface area contributed by atoms with Gasteiger partial charge in [0.05, 0.1) is 15.7 Å². The van der Waals surface area contributed by atoms with Crippen LogP contribution in [0.5, 0.6) is 5.88 Å². The second-order valence-corrected chi connectivity index (χ2v) is 8.34. The first-order valence-electron chi connectivity index (χ1n) is 9.57. The van der Waals surface area contributed by atoms with Gasteiger partial charge in [0.15, 0.2) is 10.7 Å². The highest BCUT2D eigenvalue weighted by Gasteiger charge is 2.23. The Bertz CT molecular complexity index is 1360. The van der Waals surface area contributed by atoms with Gasteiger partial charge in [-0.25, -0.2) is 0 Å². The van der Waals surface area contributed by atoms with E-state index in [1.807, 2.05) is 0 Å². The van der Waals surface area contributed by atoms with Crippen LogP contribution in [0.3, 0.4) is 0 Å². The maximum absolute atomic E-state index is 13.2. The lowest BCUT2D eigenvalue weighted by molar-refractivity contribution is 0.106. The van der Waals surface area contributed by atoms with Crippen molar-refractivity contribution in [1.29, 1.82) is 0 Å². The van der Waals surface area contributed by atoms with Gasteiger partial charge in [-0.15, -0.1) is 10.2 Å². The van der Waals surface area contributed by atoms with Crippen molar-refractivity contribution in [3.05, 3.63) is 99.5 Å². The number of hydrogen-bond acceptors (Lipinski definition) is 8. The first-order chi connectivity index (χ1) is 16.0. The zero-order valence-electron chi connectivity index (χ0n) is 16.8. The molecule has 0 saturated carbocycles. The molecule has 10 heteroatoms. The molecular weight excluding hydrogens is 481 g/mol. The summed E-state index contributed by atoms with van der Waals surface area (Å²) in [4.78, 5) is 17.3. The number of carbonyl (C=O) groups excluding carboxylic acids is 1. The molecule has 0 atom stereocenters. The number of nitrogens with one attached hydrogen (secondary N) is 1. The molecule has 0 radical (unpaired) electrons. The van der Waals surface area contributed by atoms with Crippen molar-refractivity contribution in [2.75, 3.05) is 5.43 Å². The molecule has 0 aliphatic rings. The lowest BCUT2D eigenvalue weighted by Gasteiger charge is -2.06. The van der Waals surface area contributed by atoms with Gasteiger partial charge < -0.3 is 5.11 Å². The van der Waals surface area contributed by atoms with Crippen LogP contribution in [0.25, 0.3) is 0 Å². The number of aromatic hydroxyl groups is 1. The number of aromatic nitrogens is 1. The fraction of sp³-hybridized carbons (Fsp3) is 0. The zero-order valence-corrected chi connectivity index (χ0v) is 19.1. The second-order valence-electron chi connectivity index (χ2n) is 6.55. The van der Waals surface area contributed by atoms with E-state index in [-0.39, 0.29) is 21.6 Å². The van der Waals surface area contributed by atoms with E-state index in [1.165, 1.54) is 0 Å². The fourth-order valence-corrected chi connectivity index (χ4v) is 3.81. The summed E-state index contributed by atoms with van der Waals surface area (Å²) >= 11 is 13.2. The van der Waals surface area contributed by atoms with E-state index in [1.54, 1.807) is 78.9 Å². The number of hydrogen-bond donors (Lipinski definition) is 2. The number of benzene rings is 3. The number of para-hydroxylation sites is 1. The molecule has 0 saturated heterocycles. The molecule has 1 aromatic heterocycles. The lowest BCUT2D eigenvalue weighted by atomic mass is 10.1. The molecule has 0 amide bonds. The van der Waals surface area contributed by atoms with Crippen LogP contribution in [0.15, 0.2) is 94.2 Å². The highest BCUT2D eigenvalue weighted by atomic mass is 35.5. The number of ketones is 1. The highest BCUT2D eigenvalue weighted by Crippen LogP contribution is 2.36. The van der Waals surface area contributed by atoms with Gasteiger partial charge in [-0.3, -0.25) is 10.2 Å². The number of anilines is 1. The summed E-state index contributed by atoms with van der Waals surface area (Å²) < 4.78 is 0. The largest absolute Gasteiger partial charge is 0.491 e. The predicted molar refractivity (Wildman–Crippen MR) is 132 cm³/mol. The predicted octanol–water partition coefficient (Wildman–Crippen LogP) is 7.27. The highest BCUT2D eigenvalue weighted by molar-refractivity contribution is 7.18. The van der Waals surface area contributed by atoms with E-state index in [9.17, 15) is 9.90 Å². The van der Waals surface area contributed by atoms with Gasteiger partial charge in [-0.1, -0.05) is 89.1 Å². The summed E-state index contributed by atoms with van der Waals surface area (Å²) in [5.74, 6) is -0.768. The van der Waals surface area contributed by atoms with Crippen molar-refractivity contribution in [3.63, 3.8) is 0 Å². The molecule has 0 fully saturated rings. The first-order valence-corrected chi connectivity index (χ1v) is 11.1. The van der Waals surface area contributed by atoms with Crippen LogP contribution >= 0.6 is 34.5 Å². The summed E-state index contributed by atoms with van der Waals surface area (Å²) in [5, 5.41) is 23.8. The van der Waals surface area contributed by atoms with Crippen LogP contribution in [-0.2, 0) is 0 Å². The van der Waals surface area contributed by atoms with Gasteiger partial charge in [-0.05, 0) is 24.3 Å². The molecule has 0 aliphatic heterocycles. The number of carbonyl (C=O) groups is 1. The van der Waals surface area contributed by atoms with Gasteiger partial charge >= 0.3 is 0 Å². The van der Waals surface area contributed by atoms with Crippen molar-refractivity contribution in [2.45, 2.75) is 0 Å². The molecule has 1 heterocycles. The number of halogens is 2. The van der Waals surface area contributed by atoms with Gasteiger partial charge in [-0.2, -0.15) is 10.1 Å². The topological polar surface area (TPSA) is 99.3 Å². The fourth-order valence-electron chi connectivity index (χ4n) is 2.69. The Balaban J connectivity index is 1.71. The third-order valence-electron chi connectivity index (χ3n) is 4.31. The average molecular weight is 496 g/mol. The molecule has 0 unspecified atom stereocenters. The molecule has 164 valence electrons. The van der Waals surface area contributed by atoms with Crippen LogP contribution in [0.1, 0.15) is 15.4 Å². The molecule has 2 N–H and O–H groups in total. The normalized spacial score (nSPS) is 11.6. The van der Waals surface area contributed by atoms with Gasteiger partial charge in [0, 0.05) is 5.56 Å². The summed E-state index contributed by atoms with van der Waals surface area (Å²) in [5.41, 5.74) is 4.14. The third kappa shape index (κ3) is 5.43. The van der Waals surface area contributed by atoms with Crippen LogP contribution in [0.4, 0.5) is 16.4 Å². The number of nitrogens with zero attached hydrogens (tertiary/aromatic N) is 4. The number of thiazole rings is 1. The molecule has 3 aromatic carbocycles. The SMILES string of the molecule is O=C(C(=NNc1ccccc1Cl)c1nc(O)c(N=Nc2ccccc2Cl)s1)c1ccccc1. The van der Waals surface area contributed by atoms with Crippen LogP contribution in [0.2, 0.25) is 10.0 Å². The van der Waals surface area contributed by atoms with Gasteiger partial charge in [0.25, 0.3) is 5.88 Å². The number of hydrazone groups is 1. The summed E-state index contributed by atoms with van der Waals surface area (Å²) in [7, 11) is 0. The van der Waals surface area contributed by atoms with E-state index in [0.717, 1.165) is 11.3 Å². The van der Waals surface area contributed by atoms with Gasteiger partial charge in [0.2, 0.25) is 10.8 Å². The van der Waals surface area contributed by atoms with Gasteiger partial charge in [0.1, 0.15) is 5.69 Å². The minimum atomic E-state index is -0.390. The maximum Gasteiger partial charge on any atom is 0.251 e. The van der Waals surface area contributed by atoms with Crippen molar-refractivity contribution >= 4 is 62.4 Å². The number of Topliss-reactive ketones (excluding diaryl/α,β-unsaturated/α-hetero) is 1. The van der Waals surface area contributed by atoms with Crippen LogP contribution < -0.4 is 5.43 Å². The van der Waals surface area contributed by atoms with Crippen molar-refractivity contribution < 1.29 is 9.90 Å². The van der Waals surface area contributed by atoms with E-state index in [2.05, 4.69) is 25.7 Å². The van der Waals surface area contributed by atoms with Crippen molar-refractivity contribution in [2.24, 2.45) is 15.3 Å². The summed E-state index contributed by atoms with van der Waals surface area (Å²) in [6.07, 6.45) is 0. The lowest BCUT2D eigenvalue weighted by Crippen LogP contribution is -2.17. The molecule has 33 heavy (non-hydrogen) atoms.